The lowest BCUT2D eigenvalue weighted by atomic mass is 9.79. The number of nitrogens with zero attached hydrogens (tertiary/aromatic N) is 1. The van der Waals surface area contributed by atoms with E-state index >= 15 is 0 Å². The highest BCUT2D eigenvalue weighted by molar-refractivity contribution is 6.62. The fourth-order valence-corrected chi connectivity index (χ4v) is 2.64. The number of benzene rings is 1. The van der Waals surface area contributed by atoms with Crippen LogP contribution in [0.4, 0.5) is 10.1 Å². The third-order valence-corrected chi connectivity index (χ3v) is 4.93. The summed E-state index contributed by atoms with van der Waals surface area (Å²) in [7, 11) is -0.651. The Balaban J connectivity index is 1.77. The van der Waals surface area contributed by atoms with Crippen LogP contribution in [0.5, 0.6) is 0 Å². The zero-order valence-electron chi connectivity index (χ0n) is 15.6. The standard InChI is InChI=1S/C19H22BFN2O3/c1-12-10-13(8-9-22-12)17(24)23-16-7-6-14(11-15(16)21)20-25-18(2,3)19(4,5)26-20/h6-11H,1-5H3,(H,23,24). The average Bonchev–Trinajstić information content (AvgIpc) is 2.77. The van der Waals surface area contributed by atoms with Gasteiger partial charge in [-0.2, -0.15) is 0 Å². The number of hydrogen-bond donors (Lipinski definition) is 1. The molecule has 0 unspecified atom stereocenters. The number of amides is 1. The van der Waals surface area contributed by atoms with Crippen molar-refractivity contribution in [1.29, 1.82) is 0 Å². The molecular formula is C19H22BFN2O3. The Morgan fingerprint density at radius 2 is 1.77 bits per heavy atom. The van der Waals surface area contributed by atoms with Crippen LogP contribution >= 0.6 is 0 Å². The van der Waals surface area contributed by atoms with Crippen LogP contribution in [0.2, 0.25) is 0 Å². The minimum Gasteiger partial charge on any atom is -0.399 e. The van der Waals surface area contributed by atoms with Crippen LogP contribution in [0.1, 0.15) is 43.7 Å². The fourth-order valence-electron chi connectivity index (χ4n) is 2.64. The Hall–Kier alpha value is -2.25. The van der Waals surface area contributed by atoms with Gasteiger partial charge in [0.05, 0.1) is 16.9 Å². The lowest BCUT2D eigenvalue weighted by Gasteiger charge is -2.32. The molecule has 26 heavy (non-hydrogen) atoms. The van der Waals surface area contributed by atoms with Gasteiger partial charge in [0, 0.05) is 17.5 Å². The van der Waals surface area contributed by atoms with Gasteiger partial charge in [-0.25, -0.2) is 4.39 Å². The molecule has 0 spiro atoms. The van der Waals surface area contributed by atoms with Crippen molar-refractivity contribution in [1.82, 2.24) is 4.98 Å². The maximum Gasteiger partial charge on any atom is 0.494 e. The van der Waals surface area contributed by atoms with Crippen molar-refractivity contribution in [2.45, 2.75) is 45.8 Å². The molecule has 0 saturated carbocycles. The van der Waals surface area contributed by atoms with Gasteiger partial charge in [-0.15, -0.1) is 0 Å². The molecular weight excluding hydrogens is 334 g/mol. The monoisotopic (exact) mass is 356 g/mol. The zero-order valence-corrected chi connectivity index (χ0v) is 15.6. The third kappa shape index (κ3) is 3.50. The lowest BCUT2D eigenvalue weighted by Crippen LogP contribution is -2.41. The molecule has 136 valence electrons. The summed E-state index contributed by atoms with van der Waals surface area (Å²) in [5.41, 5.74) is 0.810. The van der Waals surface area contributed by atoms with Crippen LogP contribution in [0.3, 0.4) is 0 Å². The second-order valence-corrected chi connectivity index (χ2v) is 7.47. The van der Waals surface area contributed by atoms with Crippen LogP contribution in [0, 0.1) is 12.7 Å². The van der Waals surface area contributed by atoms with E-state index in [-0.39, 0.29) is 5.69 Å². The minimum atomic E-state index is -0.651. The highest BCUT2D eigenvalue weighted by atomic mass is 19.1. The first kappa shape index (κ1) is 18.5. The molecule has 5 nitrogen and oxygen atoms in total. The number of pyridine rings is 1. The number of carbonyl (C=O) groups is 1. The summed E-state index contributed by atoms with van der Waals surface area (Å²) in [6, 6.07) is 7.76. The highest BCUT2D eigenvalue weighted by Crippen LogP contribution is 2.36. The number of anilines is 1. The summed E-state index contributed by atoms with van der Waals surface area (Å²) >= 11 is 0. The smallest absolute Gasteiger partial charge is 0.399 e. The second-order valence-electron chi connectivity index (χ2n) is 7.47. The van der Waals surface area contributed by atoms with Crippen LogP contribution in [0.25, 0.3) is 0 Å². The molecule has 1 aliphatic rings. The van der Waals surface area contributed by atoms with E-state index in [0.29, 0.717) is 16.7 Å². The Kier molecular flexibility index (Phi) is 4.62. The zero-order chi connectivity index (χ0) is 19.1. The van der Waals surface area contributed by atoms with E-state index in [9.17, 15) is 9.18 Å². The molecule has 1 saturated heterocycles. The Morgan fingerprint density at radius 1 is 1.12 bits per heavy atom. The fraction of sp³-hybridized carbons (Fsp3) is 0.368. The third-order valence-electron chi connectivity index (χ3n) is 4.93. The normalized spacial score (nSPS) is 18.0. The van der Waals surface area contributed by atoms with Gasteiger partial charge in [-0.1, -0.05) is 6.07 Å². The summed E-state index contributed by atoms with van der Waals surface area (Å²) in [5.74, 6) is -0.936. The molecule has 0 bridgehead atoms. The molecule has 0 aliphatic carbocycles. The molecule has 1 amide bonds. The molecule has 1 aromatic heterocycles. The Labute approximate surface area is 153 Å². The molecule has 1 aromatic carbocycles. The predicted molar refractivity (Wildman–Crippen MR) is 99.0 cm³/mol. The number of halogens is 1. The van der Waals surface area contributed by atoms with Crippen molar-refractivity contribution >= 4 is 24.2 Å². The number of hydrogen-bond acceptors (Lipinski definition) is 4. The van der Waals surface area contributed by atoms with E-state index in [2.05, 4.69) is 10.3 Å². The van der Waals surface area contributed by atoms with Gasteiger partial charge < -0.3 is 14.6 Å². The SMILES string of the molecule is Cc1cc(C(=O)Nc2ccc(B3OC(C)(C)C(C)(C)O3)cc2F)ccn1. The molecule has 3 rings (SSSR count). The first-order valence-electron chi connectivity index (χ1n) is 8.48. The minimum absolute atomic E-state index is 0.102. The van der Waals surface area contributed by atoms with Gasteiger partial charge in [-0.05, 0) is 64.3 Å². The summed E-state index contributed by atoms with van der Waals surface area (Å²) in [5, 5.41) is 2.58. The van der Waals surface area contributed by atoms with Crippen LogP contribution in [0.15, 0.2) is 36.5 Å². The molecule has 0 atom stereocenters. The van der Waals surface area contributed by atoms with E-state index in [0.717, 1.165) is 0 Å². The van der Waals surface area contributed by atoms with E-state index in [1.807, 2.05) is 27.7 Å². The molecule has 2 heterocycles. The van der Waals surface area contributed by atoms with Gasteiger partial charge in [0.15, 0.2) is 0 Å². The summed E-state index contributed by atoms with van der Waals surface area (Å²) in [6.45, 7) is 9.54. The molecule has 1 N–H and O–H groups in total. The van der Waals surface area contributed by atoms with Crippen molar-refractivity contribution in [3.8, 4) is 0 Å². The quantitative estimate of drug-likeness (QED) is 0.859. The molecule has 1 aliphatic heterocycles. The van der Waals surface area contributed by atoms with Crippen LogP contribution < -0.4 is 10.8 Å². The van der Waals surface area contributed by atoms with Gasteiger partial charge in [0.2, 0.25) is 0 Å². The highest BCUT2D eigenvalue weighted by Gasteiger charge is 2.51. The van der Waals surface area contributed by atoms with E-state index < -0.39 is 30.0 Å². The summed E-state index contributed by atoms with van der Waals surface area (Å²) < 4.78 is 26.4. The largest absolute Gasteiger partial charge is 0.494 e. The number of nitrogens with one attached hydrogen (secondary N) is 1. The first-order chi connectivity index (χ1) is 12.1. The summed E-state index contributed by atoms with van der Waals surface area (Å²) in [4.78, 5) is 16.3. The maximum absolute atomic E-state index is 14.5. The first-order valence-corrected chi connectivity index (χ1v) is 8.48. The van der Waals surface area contributed by atoms with Crippen molar-refractivity contribution in [2.75, 3.05) is 5.32 Å². The average molecular weight is 356 g/mol. The van der Waals surface area contributed by atoms with Gasteiger partial charge in [0.1, 0.15) is 5.82 Å². The van der Waals surface area contributed by atoms with Gasteiger partial charge >= 0.3 is 7.12 Å². The topological polar surface area (TPSA) is 60.5 Å². The van der Waals surface area contributed by atoms with E-state index in [1.54, 1.807) is 31.3 Å². The lowest BCUT2D eigenvalue weighted by molar-refractivity contribution is 0.00578. The van der Waals surface area contributed by atoms with Gasteiger partial charge in [-0.3, -0.25) is 9.78 Å². The number of rotatable bonds is 3. The maximum atomic E-state index is 14.5. The summed E-state index contributed by atoms with van der Waals surface area (Å²) in [6.07, 6.45) is 1.54. The molecule has 0 radical (unpaired) electrons. The number of carbonyl (C=O) groups excluding carboxylic acids is 1. The van der Waals surface area contributed by atoms with Crippen LogP contribution in [-0.2, 0) is 9.31 Å². The van der Waals surface area contributed by atoms with Crippen LogP contribution in [-0.4, -0.2) is 29.2 Å². The van der Waals surface area contributed by atoms with Gasteiger partial charge in [0.25, 0.3) is 5.91 Å². The predicted octanol–water partition coefficient (Wildman–Crippen LogP) is 3.08. The number of aryl methyl sites for hydroxylation is 1. The number of aromatic nitrogens is 1. The van der Waals surface area contributed by atoms with E-state index in [4.69, 9.17) is 9.31 Å². The molecule has 7 heteroatoms. The molecule has 1 fully saturated rings. The molecule has 2 aromatic rings. The van der Waals surface area contributed by atoms with Crippen molar-refractivity contribution in [3.63, 3.8) is 0 Å². The second kappa shape index (κ2) is 6.48. The van der Waals surface area contributed by atoms with Crippen molar-refractivity contribution < 1.29 is 18.5 Å². The van der Waals surface area contributed by atoms with Crippen molar-refractivity contribution in [3.05, 3.63) is 53.6 Å². The Bertz CT molecular complexity index is 838. The Morgan fingerprint density at radius 3 is 2.35 bits per heavy atom. The van der Waals surface area contributed by atoms with E-state index in [1.165, 1.54) is 12.1 Å². The van der Waals surface area contributed by atoms with Crippen molar-refractivity contribution in [2.24, 2.45) is 0 Å².